The summed E-state index contributed by atoms with van der Waals surface area (Å²) in [6.07, 6.45) is 1.03. The van der Waals surface area contributed by atoms with E-state index in [1.807, 2.05) is 0 Å². The molecule has 4 N–H and O–H groups in total. The Morgan fingerprint density at radius 2 is 1.17 bits per heavy atom. The van der Waals surface area contributed by atoms with Gasteiger partial charge in [0.25, 0.3) is 0 Å². The standard InChI is InChI=1S/C7H18N2O2.ClH/c10-6-4-8-2-1-3-9-5-7-11;/h8-11H,1-7H2;1H. The van der Waals surface area contributed by atoms with Gasteiger partial charge in [0.15, 0.2) is 0 Å². The molecule has 0 saturated carbocycles. The summed E-state index contributed by atoms with van der Waals surface area (Å²) in [5.74, 6) is 0. The van der Waals surface area contributed by atoms with E-state index >= 15 is 0 Å². The van der Waals surface area contributed by atoms with Crippen molar-refractivity contribution in [3.05, 3.63) is 0 Å². The van der Waals surface area contributed by atoms with E-state index in [4.69, 9.17) is 10.2 Å². The van der Waals surface area contributed by atoms with Crippen molar-refractivity contribution in [1.29, 1.82) is 0 Å². The van der Waals surface area contributed by atoms with E-state index in [1.54, 1.807) is 0 Å². The summed E-state index contributed by atoms with van der Waals surface area (Å²) in [5, 5.41) is 22.9. The van der Waals surface area contributed by atoms with Gasteiger partial charge in [-0.3, -0.25) is 0 Å². The van der Waals surface area contributed by atoms with Crippen LogP contribution in [0.5, 0.6) is 0 Å². The Balaban J connectivity index is 0. The van der Waals surface area contributed by atoms with Crippen molar-refractivity contribution in [3.8, 4) is 0 Å². The van der Waals surface area contributed by atoms with Crippen molar-refractivity contribution in [2.75, 3.05) is 39.4 Å². The van der Waals surface area contributed by atoms with Crippen molar-refractivity contribution in [2.24, 2.45) is 0 Å². The second kappa shape index (κ2) is 13.7. The van der Waals surface area contributed by atoms with Crippen molar-refractivity contribution in [2.45, 2.75) is 6.42 Å². The number of nitrogens with one attached hydrogen (secondary N) is 2. The lowest BCUT2D eigenvalue weighted by molar-refractivity contribution is 0.288. The minimum Gasteiger partial charge on any atom is -0.395 e. The van der Waals surface area contributed by atoms with Crippen LogP contribution in [0.15, 0.2) is 0 Å². The second-order valence-electron chi connectivity index (χ2n) is 2.30. The van der Waals surface area contributed by atoms with E-state index in [9.17, 15) is 0 Å². The summed E-state index contributed by atoms with van der Waals surface area (Å²) in [4.78, 5) is 0. The van der Waals surface area contributed by atoms with Crippen LogP contribution >= 0.6 is 12.4 Å². The van der Waals surface area contributed by atoms with Gasteiger partial charge in [-0.2, -0.15) is 0 Å². The fourth-order valence-electron chi connectivity index (χ4n) is 0.747. The Labute approximate surface area is 79.8 Å². The normalized spacial score (nSPS) is 9.50. The van der Waals surface area contributed by atoms with E-state index in [0.717, 1.165) is 19.5 Å². The minimum atomic E-state index is 0. The van der Waals surface area contributed by atoms with E-state index in [-0.39, 0.29) is 25.6 Å². The van der Waals surface area contributed by atoms with Gasteiger partial charge in [-0.15, -0.1) is 12.4 Å². The Morgan fingerprint density at radius 3 is 1.50 bits per heavy atom. The first-order valence-corrected chi connectivity index (χ1v) is 4.05. The largest absolute Gasteiger partial charge is 0.395 e. The van der Waals surface area contributed by atoms with Crippen LogP contribution in [0, 0.1) is 0 Å². The lowest BCUT2D eigenvalue weighted by atomic mass is 10.4. The molecular formula is C7H19ClN2O2. The number of hydrogen-bond donors (Lipinski definition) is 4. The van der Waals surface area contributed by atoms with Gasteiger partial charge in [-0.25, -0.2) is 0 Å². The van der Waals surface area contributed by atoms with Crippen LogP contribution < -0.4 is 10.6 Å². The topological polar surface area (TPSA) is 64.5 Å². The molecule has 0 aromatic carbocycles. The SMILES string of the molecule is Cl.OCCNCCCNCCO. The first kappa shape index (κ1) is 14.6. The maximum absolute atomic E-state index is 8.40. The van der Waals surface area contributed by atoms with E-state index in [1.165, 1.54) is 0 Å². The molecule has 0 fully saturated rings. The average Bonchev–Trinajstić information content (AvgIpc) is 2.03. The summed E-state index contributed by atoms with van der Waals surface area (Å²) in [7, 11) is 0. The van der Waals surface area contributed by atoms with E-state index in [2.05, 4.69) is 10.6 Å². The molecule has 76 valence electrons. The van der Waals surface area contributed by atoms with Crippen LogP contribution in [-0.2, 0) is 0 Å². The van der Waals surface area contributed by atoms with Gasteiger partial charge in [0.2, 0.25) is 0 Å². The van der Waals surface area contributed by atoms with E-state index < -0.39 is 0 Å². The number of aliphatic hydroxyl groups is 2. The molecule has 5 heteroatoms. The fourth-order valence-corrected chi connectivity index (χ4v) is 0.747. The highest BCUT2D eigenvalue weighted by atomic mass is 35.5. The Hall–Kier alpha value is 0.130. The Kier molecular flexibility index (Phi) is 16.7. The van der Waals surface area contributed by atoms with Gasteiger partial charge in [0.05, 0.1) is 13.2 Å². The summed E-state index contributed by atoms with van der Waals surface area (Å²) >= 11 is 0. The van der Waals surface area contributed by atoms with Gasteiger partial charge in [-0.05, 0) is 19.5 Å². The molecule has 0 unspecified atom stereocenters. The van der Waals surface area contributed by atoms with Crippen LogP contribution in [0.4, 0.5) is 0 Å². The van der Waals surface area contributed by atoms with Gasteiger partial charge in [0.1, 0.15) is 0 Å². The molecule has 0 spiro atoms. The molecule has 0 saturated heterocycles. The van der Waals surface area contributed by atoms with Crippen molar-refractivity contribution in [3.63, 3.8) is 0 Å². The Morgan fingerprint density at radius 1 is 0.750 bits per heavy atom. The molecule has 12 heavy (non-hydrogen) atoms. The van der Waals surface area contributed by atoms with Crippen LogP contribution in [-0.4, -0.2) is 49.6 Å². The summed E-state index contributed by atoms with van der Waals surface area (Å²) in [6.45, 7) is 3.56. The fraction of sp³-hybridized carbons (Fsp3) is 1.00. The number of rotatable bonds is 8. The maximum Gasteiger partial charge on any atom is 0.0555 e. The molecule has 0 aliphatic heterocycles. The second-order valence-corrected chi connectivity index (χ2v) is 2.30. The molecule has 0 radical (unpaired) electrons. The summed E-state index contributed by atoms with van der Waals surface area (Å²) in [6, 6.07) is 0. The van der Waals surface area contributed by atoms with Crippen molar-refractivity contribution >= 4 is 12.4 Å². The van der Waals surface area contributed by atoms with Crippen molar-refractivity contribution < 1.29 is 10.2 Å². The molecule has 0 heterocycles. The van der Waals surface area contributed by atoms with Gasteiger partial charge < -0.3 is 20.8 Å². The molecule has 0 rings (SSSR count). The zero-order valence-electron chi connectivity index (χ0n) is 7.25. The molecule has 0 amide bonds. The Bertz CT molecular complexity index is 68.4. The van der Waals surface area contributed by atoms with Gasteiger partial charge >= 0.3 is 0 Å². The van der Waals surface area contributed by atoms with Crippen molar-refractivity contribution in [1.82, 2.24) is 10.6 Å². The highest BCUT2D eigenvalue weighted by Crippen LogP contribution is 1.71. The third-order valence-electron chi connectivity index (χ3n) is 1.28. The summed E-state index contributed by atoms with van der Waals surface area (Å²) in [5.41, 5.74) is 0. The van der Waals surface area contributed by atoms with Gasteiger partial charge in [0, 0.05) is 13.1 Å². The highest BCUT2D eigenvalue weighted by molar-refractivity contribution is 5.85. The highest BCUT2D eigenvalue weighted by Gasteiger charge is 1.86. The minimum absolute atomic E-state index is 0. The molecule has 0 aromatic heterocycles. The first-order chi connectivity index (χ1) is 5.41. The zero-order valence-corrected chi connectivity index (χ0v) is 8.07. The predicted molar refractivity (Wildman–Crippen MR) is 51.8 cm³/mol. The van der Waals surface area contributed by atoms with Gasteiger partial charge in [-0.1, -0.05) is 0 Å². The maximum atomic E-state index is 8.40. The lowest BCUT2D eigenvalue weighted by Crippen LogP contribution is -2.25. The summed E-state index contributed by atoms with van der Waals surface area (Å²) < 4.78 is 0. The number of hydrogen-bond acceptors (Lipinski definition) is 4. The third-order valence-corrected chi connectivity index (χ3v) is 1.28. The van der Waals surface area contributed by atoms with Crippen LogP contribution in [0.25, 0.3) is 0 Å². The average molecular weight is 199 g/mol. The zero-order chi connectivity index (χ0) is 8.36. The smallest absolute Gasteiger partial charge is 0.0555 e. The molecule has 0 atom stereocenters. The lowest BCUT2D eigenvalue weighted by Gasteiger charge is -2.03. The van der Waals surface area contributed by atoms with Crippen LogP contribution in [0.1, 0.15) is 6.42 Å². The number of halogens is 1. The third kappa shape index (κ3) is 12.8. The molecular weight excluding hydrogens is 180 g/mol. The molecule has 0 aromatic rings. The quantitative estimate of drug-likeness (QED) is 0.377. The molecule has 4 nitrogen and oxygen atoms in total. The monoisotopic (exact) mass is 198 g/mol. The predicted octanol–water partition coefficient (Wildman–Crippen LogP) is -1.04. The van der Waals surface area contributed by atoms with Crippen LogP contribution in [0.2, 0.25) is 0 Å². The van der Waals surface area contributed by atoms with Crippen LogP contribution in [0.3, 0.4) is 0 Å². The molecule has 0 aliphatic rings. The van der Waals surface area contributed by atoms with E-state index in [0.29, 0.717) is 13.1 Å². The number of aliphatic hydroxyl groups excluding tert-OH is 2. The first-order valence-electron chi connectivity index (χ1n) is 4.05. The molecule has 0 aliphatic carbocycles. The molecule has 0 bridgehead atoms.